The molecule has 0 fully saturated rings. The first-order chi connectivity index (χ1) is 14.0. The molecule has 6 nitrogen and oxygen atoms in total. The maximum Gasteiger partial charge on any atom is 0.316 e. The lowest BCUT2D eigenvalue weighted by atomic mass is 10.2. The van der Waals surface area contributed by atoms with Gasteiger partial charge in [0, 0.05) is 5.69 Å². The molecule has 0 unspecified atom stereocenters. The highest BCUT2D eigenvalue weighted by molar-refractivity contribution is 8.00. The molecule has 0 saturated heterocycles. The molecule has 1 heterocycles. The van der Waals surface area contributed by atoms with Crippen LogP contribution in [0.25, 0.3) is 5.69 Å². The van der Waals surface area contributed by atoms with E-state index in [9.17, 15) is 9.59 Å². The van der Waals surface area contributed by atoms with Gasteiger partial charge in [0.15, 0.2) is 6.61 Å². The predicted octanol–water partition coefficient (Wildman–Crippen LogP) is 4.07. The van der Waals surface area contributed by atoms with E-state index in [4.69, 9.17) is 4.74 Å². The summed E-state index contributed by atoms with van der Waals surface area (Å²) in [5.41, 5.74) is 4.44. The molecule has 2 aromatic carbocycles. The summed E-state index contributed by atoms with van der Waals surface area (Å²) in [5, 5.41) is 7.31. The number of carbonyl (C=O) groups excluding carboxylic acids is 2. The Hall–Kier alpha value is -3.06. The zero-order valence-corrected chi connectivity index (χ0v) is 17.5. The van der Waals surface area contributed by atoms with E-state index in [1.807, 2.05) is 74.0 Å². The number of aryl methyl sites for hydroxylation is 2. The van der Waals surface area contributed by atoms with Crippen molar-refractivity contribution in [2.45, 2.75) is 25.7 Å². The number of amides is 1. The largest absolute Gasteiger partial charge is 0.455 e. The molecule has 150 valence electrons. The molecular weight excluding hydrogens is 386 g/mol. The van der Waals surface area contributed by atoms with Gasteiger partial charge in [0.2, 0.25) is 0 Å². The van der Waals surface area contributed by atoms with Crippen LogP contribution in [0.3, 0.4) is 0 Å². The van der Waals surface area contributed by atoms with Crippen LogP contribution in [0.4, 0.5) is 5.69 Å². The number of esters is 1. The maximum atomic E-state index is 12.1. The molecule has 3 aromatic rings. The molecule has 0 radical (unpaired) electrons. The van der Waals surface area contributed by atoms with Crippen molar-refractivity contribution >= 4 is 29.3 Å². The second-order valence-corrected chi connectivity index (χ2v) is 7.55. The lowest BCUT2D eigenvalue weighted by molar-refractivity contribution is -0.144. The van der Waals surface area contributed by atoms with Crippen molar-refractivity contribution in [3.8, 4) is 5.69 Å². The first-order valence-corrected chi connectivity index (χ1v) is 10.2. The number of carbonyl (C=O) groups is 2. The van der Waals surface area contributed by atoms with Crippen molar-refractivity contribution in [1.29, 1.82) is 0 Å². The molecule has 1 amide bonds. The minimum absolute atomic E-state index is 0.111. The number of nitrogens with zero attached hydrogens (tertiary/aromatic N) is 2. The number of hydrogen-bond donors (Lipinski definition) is 1. The lowest BCUT2D eigenvalue weighted by Gasteiger charge is -2.09. The molecule has 29 heavy (non-hydrogen) atoms. The summed E-state index contributed by atoms with van der Waals surface area (Å²) in [7, 11) is 0. The highest BCUT2D eigenvalue weighted by Gasteiger charge is 2.16. The van der Waals surface area contributed by atoms with Gasteiger partial charge in [-0.1, -0.05) is 36.4 Å². The van der Waals surface area contributed by atoms with E-state index in [0.717, 1.165) is 27.5 Å². The molecule has 0 bridgehead atoms. The number of benzene rings is 2. The second kappa shape index (κ2) is 9.43. The summed E-state index contributed by atoms with van der Waals surface area (Å²) in [4.78, 5) is 25.0. The number of hydrogen-bond acceptors (Lipinski definition) is 5. The number of para-hydroxylation sites is 2. The summed E-state index contributed by atoms with van der Waals surface area (Å²) in [6.45, 7) is 5.47. The van der Waals surface area contributed by atoms with Crippen LogP contribution >= 0.6 is 11.8 Å². The predicted molar refractivity (Wildman–Crippen MR) is 115 cm³/mol. The normalized spacial score (nSPS) is 10.6. The Morgan fingerprint density at radius 1 is 1.03 bits per heavy atom. The maximum absolute atomic E-state index is 12.1. The fourth-order valence-corrected chi connectivity index (χ4v) is 3.77. The number of nitrogens with one attached hydrogen (secondary N) is 1. The summed E-state index contributed by atoms with van der Waals surface area (Å²) >= 11 is 1.37. The third kappa shape index (κ3) is 5.26. The first-order valence-electron chi connectivity index (χ1n) is 9.21. The van der Waals surface area contributed by atoms with E-state index in [2.05, 4.69) is 10.4 Å². The van der Waals surface area contributed by atoms with E-state index in [-0.39, 0.29) is 18.3 Å². The number of anilines is 1. The molecule has 1 aromatic heterocycles. The number of rotatable bonds is 7. The average molecular weight is 410 g/mol. The minimum Gasteiger partial charge on any atom is -0.455 e. The van der Waals surface area contributed by atoms with Gasteiger partial charge >= 0.3 is 5.97 Å². The molecule has 0 aliphatic carbocycles. The fourth-order valence-electron chi connectivity index (χ4n) is 2.88. The van der Waals surface area contributed by atoms with E-state index in [0.29, 0.717) is 5.69 Å². The quantitative estimate of drug-likeness (QED) is 0.470. The Kier molecular flexibility index (Phi) is 6.72. The van der Waals surface area contributed by atoms with Crippen molar-refractivity contribution < 1.29 is 14.3 Å². The second-order valence-electron chi connectivity index (χ2n) is 6.56. The topological polar surface area (TPSA) is 73.2 Å². The van der Waals surface area contributed by atoms with Crippen molar-refractivity contribution in [2.75, 3.05) is 17.7 Å². The van der Waals surface area contributed by atoms with Gasteiger partial charge in [0.05, 0.1) is 27.7 Å². The van der Waals surface area contributed by atoms with E-state index in [1.54, 1.807) is 6.07 Å². The molecule has 0 atom stereocenters. The van der Waals surface area contributed by atoms with E-state index < -0.39 is 5.97 Å². The summed E-state index contributed by atoms with van der Waals surface area (Å²) in [5.74, 6) is -0.692. The van der Waals surface area contributed by atoms with Gasteiger partial charge in [-0.2, -0.15) is 5.10 Å². The van der Waals surface area contributed by atoms with E-state index in [1.165, 1.54) is 11.8 Å². The Morgan fingerprint density at radius 2 is 1.72 bits per heavy atom. The van der Waals surface area contributed by atoms with Crippen molar-refractivity contribution in [3.63, 3.8) is 0 Å². The zero-order valence-electron chi connectivity index (χ0n) is 16.6. The zero-order chi connectivity index (χ0) is 20.8. The molecule has 7 heteroatoms. The van der Waals surface area contributed by atoms with E-state index >= 15 is 0 Å². The smallest absolute Gasteiger partial charge is 0.316 e. The molecule has 0 aliphatic heterocycles. The Labute approximate surface area is 174 Å². The highest BCUT2D eigenvalue weighted by Crippen LogP contribution is 2.28. The Morgan fingerprint density at radius 3 is 2.45 bits per heavy atom. The highest BCUT2D eigenvalue weighted by atomic mass is 32.2. The van der Waals surface area contributed by atoms with Crippen LogP contribution in [0.15, 0.2) is 59.5 Å². The van der Waals surface area contributed by atoms with Crippen LogP contribution in [0.2, 0.25) is 0 Å². The molecular formula is C22H23N3O3S. The van der Waals surface area contributed by atoms with Crippen molar-refractivity contribution in [2.24, 2.45) is 0 Å². The summed E-state index contributed by atoms with van der Waals surface area (Å²) in [6, 6.07) is 17.3. The minimum atomic E-state index is -0.443. The molecule has 0 aliphatic rings. The van der Waals surface area contributed by atoms with Gasteiger partial charge in [-0.15, -0.1) is 11.8 Å². The average Bonchev–Trinajstić information content (AvgIpc) is 3.01. The van der Waals surface area contributed by atoms with Crippen LogP contribution in [0, 0.1) is 20.8 Å². The number of aromatic nitrogens is 2. The van der Waals surface area contributed by atoms with Crippen LogP contribution in [-0.2, 0) is 14.3 Å². The van der Waals surface area contributed by atoms with Gasteiger partial charge in [0.1, 0.15) is 0 Å². The summed E-state index contributed by atoms with van der Waals surface area (Å²) < 4.78 is 6.97. The van der Waals surface area contributed by atoms with Crippen LogP contribution < -0.4 is 5.32 Å². The lowest BCUT2D eigenvalue weighted by Crippen LogP contribution is -2.22. The van der Waals surface area contributed by atoms with Gasteiger partial charge < -0.3 is 10.1 Å². The first kappa shape index (κ1) is 20.7. The number of thioether (sulfide) groups is 1. The van der Waals surface area contributed by atoms with Gasteiger partial charge in [-0.3, -0.25) is 9.59 Å². The molecule has 1 N–H and O–H groups in total. The van der Waals surface area contributed by atoms with Crippen molar-refractivity contribution in [1.82, 2.24) is 9.78 Å². The van der Waals surface area contributed by atoms with Crippen LogP contribution in [0.1, 0.15) is 17.0 Å². The summed E-state index contributed by atoms with van der Waals surface area (Å²) in [6.07, 6.45) is 0. The third-order valence-corrected chi connectivity index (χ3v) is 5.60. The SMILES string of the molecule is Cc1ccccc1NC(=O)COC(=O)CSc1c(C)nn(-c2ccccc2)c1C. The standard InChI is InChI=1S/C22H23N3O3S/c1-15-9-7-8-12-19(15)23-20(26)13-28-21(27)14-29-22-16(2)24-25(17(22)3)18-10-5-4-6-11-18/h4-12H,13-14H2,1-3H3,(H,23,26). The van der Waals surface area contributed by atoms with Gasteiger partial charge in [-0.05, 0) is 44.5 Å². The fraction of sp³-hybridized carbons (Fsp3) is 0.227. The van der Waals surface area contributed by atoms with Gasteiger partial charge in [0.25, 0.3) is 5.91 Å². The molecule has 0 spiro atoms. The van der Waals surface area contributed by atoms with Crippen molar-refractivity contribution in [3.05, 3.63) is 71.5 Å². The third-order valence-electron chi connectivity index (χ3n) is 4.34. The van der Waals surface area contributed by atoms with Crippen LogP contribution in [-0.4, -0.2) is 34.0 Å². The Balaban J connectivity index is 1.53. The monoisotopic (exact) mass is 409 g/mol. The number of ether oxygens (including phenoxy) is 1. The Bertz CT molecular complexity index is 1020. The van der Waals surface area contributed by atoms with Crippen LogP contribution in [0.5, 0.6) is 0 Å². The molecule has 0 saturated carbocycles. The van der Waals surface area contributed by atoms with Gasteiger partial charge in [-0.25, -0.2) is 4.68 Å². The molecule has 3 rings (SSSR count).